The molecule has 0 saturated carbocycles. The summed E-state index contributed by atoms with van der Waals surface area (Å²) in [6, 6.07) is 5.26. The van der Waals surface area contributed by atoms with Gasteiger partial charge in [0.05, 0.1) is 5.52 Å². The normalized spacial score (nSPS) is 10.8. The highest BCUT2D eigenvalue weighted by molar-refractivity contribution is 5.99. The van der Waals surface area contributed by atoms with Crippen LogP contribution >= 0.6 is 0 Å². The van der Waals surface area contributed by atoms with Crippen LogP contribution in [0, 0.1) is 0 Å². The van der Waals surface area contributed by atoms with Crippen LogP contribution in [0.15, 0.2) is 23.0 Å². The van der Waals surface area contributed by atoms with E-state index in [0.29, 0.717) is 17.3 Å². The van der Waals surface area contributed by atoms with E-state index in [2.05, 4.69) is 0 Å². The first-order chi connectivity index (χ1) is 8.49. The molecule has 0 unspecified atom stereocenters. The third-order valence-corrected chi connectivity index (χ3v) is 3.08. The first kappa shape index (κ1) is 12.2. The van der Waals surface area contributed by atoms with Crippen LogP contribution in [0.2, 0.25) is 0 Å². The van der Waals surface area contributed by atoms with E-state index in [-0.39, 0.29) is 0 Å². The van der Waals surface area contributed by atoms with Crippen LogP contribution in [-0.2, 0) is 13.5 Å². The van der Waals surface area contributed by atoms with Crippen LogP contribution in [0.25, 0.3) is 10.9 Å². The lowest BCUT2D eigenvalue weighted by molar-refractivity contribution is 0.0691. The van der Waals surface area contributed by atoms with Crippen molar-refractivity contribution in [1.29, 1.82) is 0 Å². The molecule has 0 radical (unpaired) electrons. The molecule has 0 aliphatic heterocycles. The lowest BCUT2D eigenvalue weighted by atomic mass is 10.0. The molecular weight excluding hydrogens is 234 g/mol. The molecule has 0 bridgehead atoms. The number of carbonyl (C=O) groups is 1. The maximum Gasteiger partial charge on any atom is 0.345 e. The maximum absolute atomic E-state index is 11.9. The number of benzene rings is 1. The Bertz CT molecular complexity index is 700. The molecule has 2 aromatic rings. The van der Waals surface area contributed by atoms with Gasteiger partial charge in [0.25, 0.3) is 5.56 Å². The topological polar surface area (TPSA) is 79.5 Å². The van der Waals surface area contributed by atoms with Gasteiger partial charge in [0.1, 0.15) is 5.75 Å². The third kappa shape index (κ3) is 1.55. The highest BCUT2D eigenvalue weighted by Crippen LogP contribution is 2.29. The van der Waals surface area contributed by atoms with Crippen molar-refractivity contribution < 1.29 is 15.0 Å². The summed E-state index contributed by atoms with van der Waals surface area (Å²) >= 11 is 0. The molecular formula is C13H13NO4. The molecule has 0 spiro atoms. The Hall–Kier alpha value is -2.30. The van der Waals surface area contributed by atoms with Gasteiger partial charge in [-0.25, -0.2) is 4.79 Å². The molecule has 18 heavy (non-hydrogen) atoms. The molecule has 5 heteroatoms. The van der Waals surface area contributed by atoms with Crippen molar-refractivity contribution in [3.63, 3.8) is 0 Å². The zero-order chi connectivity index (χ0) is 13.4. The van der Waals surface area contributed by atoms with Gasteiger partial charge in [-0.2, -0.15) is 0 Å². The summed E-state index contributed by atoms with van der Waals surface area (Å²) < 4.78 is 1.25. The Labute approximate surface area is 103 Å². The van der Waals surface area contributed by atoms with E-state index in [9.17, 15) is 14.7 Å². The predicted molar refractivity (Wildman–Crippen MR) is 67.2 cm³/mol. The molecule has 0 aliphatic carbocycles. The smallest absolute Gasteiger partial charge is 0.345 e. The van der Waals surface area contributed by atoms with Crippen molar-refractivity contribution >= 4 is 16.9 Å². The molecule has 2 N–H and O–H groups in total. The quantitative estimate of drug-likeness (QED) is 0.842. The van der Waals surface area contributed by atoms with Crippen molar-refractivity contribution in [3.8, 4) is 5.75 Å². The van der Waals surface area contributed by atoms with Crippen LogP contribution in [-0.4, -0.2) is 20.7 Å². The molecule has 1 aromatic carbocycles. The fraction of sp³-hybridized carbons (Fsp3) is 0.231. The zero-order valence-corrected chi connectivity index (χ0v) is 10.1. The van der Waals surface area contributed by atoms with Crippen LogP contribution in [0.5, 0.6) is 5.75 Å². The second-order valence-corrected chi connectivity index (χ2v) is 4.06. The van der Waals surface area contributed by atoms with Crippen molar-refractivity contribution in [1.82, 2.24) is 4.57 Å². The van der Waals surface area contributed by atoms with Gasteiger partial charge in [-0.1, -0.05) is 19.1 Å². The lowest BCUT2D eigenvalue weighted by Gasteiger charge is -2.12. The van der Waals surface area contributed by atoms with Gasteiger partial charge < -0.3 is 14.8 Å². The van der Waals surface area contributed by atoms with Gasteiger partial charge in [-0.15, -0.1) is 0 Å². The van der Waals surface area contributed by atoms with Crippen LogP contribution in [0.4, 0.5) is 0 Å². The Morgan fingerprint density at radius 2 is 2.06 bits per heavy atom. The summed E-state index contributed by atoms with van der Waals surface area (Å²) in [5, 5.41) is 19.5. The van der Waals surface area contributed by atoms with Crippen LogP contribution in [0.1, 0.15) is 22.8 Å². The number of carboxylic acid groups (broad SMARTS) is 1. The lowest BCUT2D eigenvalue weighted by Crippen LogP contribution is -2.25. The van der Waals surface area contributed by atoms with Crippen LogP contribution in [0.3, 0.4) is 0 Å². The number of carboxylic acids is 1. The second-order valence-electron chi connectivity index (χ2n) is 4.06. The molecule has 0 atom stereocenters. The summed E-state index contributed by atoms with van der Waals surface area (Å²) in [5.74, 6) is -1.86. The van der Waals surface area contributed by atoms with Crippen LogP contribution < -0.4 is 5.56 Å². The fourth-order valence-corrected chi connectivity index (χ4v) is 2.13. The average Bonchev–Trinajstić information content (AvgIpc) is 2.34. The maximum atomic E-state index is 11.9. The molecule has 0 aliphatic rings. The first-order valence-corrected chi connectivity index (χ1v) is 5.55. The fourth-order valence-electron chi connectivity index (χ4n) is 2.13. The monoisotopic (exact) mass is 247 g/mol. The van der Waals surface area contributed by atoms with E-state index >= 15 is 0 Å². The molecule has 0 amide bonds. The number of fused-ring (bicyclic) bond motifs is 1. The third-order valence-electron chi connectivity index (χ3n) is 3.08. The van der Waals surface area contributed by atoms with E-state index in [4.69, 9.17) is 5.11 Å². The Morgan fingerprint density at radius 1 is 1.39 bits per heavy atom. The highest BCUT2D eigenvalue weighted by Gasteiger charge is 2.21. The first-order valence-electron chi connectivity index (χ1n) is 5.55. The van der Waals surface area contributed by atoms with Crippen molar-refractivity contribution in [2.75, 3.05) is 0 Å². The second kappa shape index (κ2) is 4.18. The van der Waals surface area contributed by atoms with Gasteiger partial charge in [0.2, 0.25) is 0 Å². The van der Waals surface area contributed by atoms with Gasteiger partial charge in [0, 0.05) is 12.4 Å². The summed E-state index contributed by atoms with van der Waals surface area (Å²) in [6.45, 7) is 1.90. The number of aromatic nitrogens is 1. The Balaban J connectivity index is 3.09. The van der Waals surface area contributed by atoms with Crippen molar-refractivity contribution in [2.24, 2.45) is 7.05 Å². The van der Waals surface area contributed by atoms with Crippen molar-refractivity contribution in [2.45, 2.75) is 13.3 Å². The number of pyridine rings is 1. The standard InChI is InChI=1S/C13H13NO4/c1-3-7-5-4-6-8-9(7)11(15)10(13(17)18)12(16)14(8)2/h4-6,15H,3H2,1-2H3,(H,17,18). The molecule has 1 aromatic heterocycles. The minimum absolute atomic E-state index is 0.430. The van der Waals surface area contributed by atoms with Crippen molar-refractivity contribution in [3.05, 3.63) is 39.7 Å². The number of hydrogen-bond acceptors (Lipinski definition) is 3. The van der Waals surface area contributed by atoms with E-state index in [1.54, 1.807) is 18.2 Å². The number of aromatic carboxylic acids is 1. The minimum atomic E-state index is -1.42. The van der Waals surface area contributed by atoms with E-state index in [0.717, 1.165) is 5.56 Å². The Kier molecular flexibility index (Phi) is 2.82. The van der Waals surface area contributed by atoms with Gasteiger partial charge in [-0.3, -0.25) is 4.79 Å². The number of aryl methyl sites for hydroxylation is 2. The summed E-state index contributed by atoms with van der Waals surface area (Å²) in [7, 11) is 1.50. The largest absolute Gasteiger partial charge is 0.506 e. The van der Waals surface area contributed by atoms with E-state index in [1.165, 1.54) is 11.6 Å². The number of aromatic hydroxyl groups is 1. The predicted octanol–water partition coefficient (Wildman–Crippen LogP) is 1.50. The zero-order valence-electron chi connectivity index (χ0n) is 10.1. The number of nitrogens with zero attached hydrogens (tertiary/aromatic N) is 1. The highest BCUT2D eigenvalue weighted by atomic mass is 16.4. The summed E-state index contributed by atoms with van der Waals surface area (Å²) in [6.07, 6.45) is 0.641. The number of hydrogen-bond donors (Lipinski definition) is 2. The summed E-state index contributed by atoms with van der Waals surface area (Å²) in [4.78, 5) is 22.9. The van der Waals surface area contributed by atoms with Gasteiger partial charge >= 0.3 is 5.97 Å². The Morgan fingerprint density at radius 3 is 2.61 bits per heavy atom. The molecule has 0 saturated heterocycles. The SMILES string of the molecule is CCc1cccc2c1c(O)c(C(=O)O)c(=O)n2C. The molecule has 94 valence electrons. The molecule has 1 heterocycles. The van der Waals surface area contributed by atoms with Gasteiger partial charge in [-0.05, 0) is 18.1 Å². The molecule has 5 nitrogen and oxygen atoms in total. The number of rotatable bonds is 2. The molecule has 0 fully saturated rings. The molecule has 2 rings (SSSR count). The van der Waals surface area contributed by atoms with Gasteiger partial charge in [0.15, 0.2) is 5.56 Å². The van der Waals surface area contributed by atoms with E-state index < -0.39 is 22.8 Å². The summed E-state index contributed by atoms with van der Waals surface area (Å²) in [5.41, 5.74) is 0.0524. The van der Waals surface area contributed by atoms with E-state index in [1.807, 2.05) is 6.92 Å². The minimum Gasteiger partial charge on any atom is -0.506 e. The average molecular weight is 247 g/mol.